The predicted octanol–water partition coefficient (Wildman–Crippen LogP) is 4.90. The smallest absolute Gasteiger partial charge is 0.475 e. The van der Waals surface area contributed by atoms with Crippen LogP contribution in [0.25, 0.3) is 0 Å². The van der Waals surface area contributed by atoms with Crippen LogP contribution in [0.2, 0.25) is 0 Å². The van der Waals surface area contributed by atoms with Crippen LogP contribution >= 0.6 is 7.82 Å². The van der Waals surface area contributed by atoms with Crippen molar-refractivity contribution < 1.29 is 23.2 Å². The quantitative estimate of drug-likeness (QED) is 0.691. The van der Waals surface area contributed by atoms with E-state index < -0.39 is 7.82 Å². The molecule has 1 rings (SSSR count). The highest BCUT2D eigenvalue weighted by atomic mass is 31.2. The lowest BCUT2D eigenvalue weighted by Crippen LogP contribution is -2.00. The van der Waals surface area contributed by atoms with Crippen LogP contribution in [0.5, 0.6) is 5.75 Å². The summed E-state index contributed by atoms with van der Waals surface area (Å²) in [6.07, 6.45) is 2.64. The summed E-state index contributed by atoms with van der Waals surface area (Å²) in [6, 6.07) is 6.42. The van der Waals surface area contributed by atoms with Crippen molar-refractivity contribution in [2.75, 3.05) is 13.2 Å². The van der Waals surface area contributed by atoms with E-state index in [1.54, 1.807) is 26.0 Å². The van der Waals surface area contributed by atoms with Crippen molar-refractivity contribution in [3.8, 4) is 5.75 Å². The summed E-state index contributed by atoms with van der Waals surface area (Å²) >= 11 is 0. The first kappa shape index (κ1) is 20.1. The maximum absolute atomic E-state index is 11.9. The second-order valence-electron chi connectivity index (χ2n) is 4.22. The molecule has 0 aliphatic heterocycles. The third kappa shape index (κ3) is 9.64. The summed E-state index contributed by atoms with van der Waals surface area (Å²) in [7, 11) is -3.46. The normalized spacial score (nSPS) is 10.9. The summed E-state index contributed by atoms with van der Waals surface area (Å²) in [5.74, 6) is 0.173. The molecule has 21 heavy (non-hydrogen) atoms. The van der Waals surface area contributed by atoms with Crippen molar-refractivity contribution in [1.82, 2.24) is 0 Å². The van der Waals surface area contributed by atoms with Gasteiger partial charge in [-0.2, -0.15) is 0 Å². The predicted molar refractivity (Wildman–Crippen MR) is 84.3 cm³/mol. The number of hydrogen-bond donors (Lipinski definition) is 1. The molecule has 1 N–H and O–H groups in total. The Morgan fingerprint density at radius 1 is 0.905 bits per heavy atom. The second kappa shape index (κ2) is 11.8. The minimum atomic E-state index is -3.46. The number of phosphoric ester groups is 1. The SMILES string of the molecule is CCCC.CCOP(=O)(OCC)OCc1ccc(O)cc1. The van der Waals surface area contributed by atoms with Gasteiger partial charge in [0.25, 0.3) is 0 Å². The molecular weight excluding hydrogens is 291 g/mol. The largest absolute Gasteiger partial charge is 0.508 e. The number of hydrogen-bond acceptors (Lipinski definition) is 5. The molecule has 0 aromatic heterocycles. The Bertz CT molecular complexity index is 393. The first-order valence-corrected chi connectivity index (χ1v) is 8.78. The van der Waals surface area contributed by atoms with E-state index in [0.717, 1.165) is 5.56 Å². The van der Waals surface area contributed by atoms with Crippen LogP contribution in [-0.4, -0.2) is 18.3 Å². The van der Waals surface area contributed by atoms with Crippen LogP contribution in [0.15, 0.2) is 24.3 Å². The van der Waals surface area contributed by atoms with Gasteiger partial charge in [-0.25, -0.2) is 4.57 Å². The van der Waals surface area contributed by atoms with Crippen molar-refractivity contribution in [2.45, 2.75) is 47.1 Å². The number of phenols is 1. The van der Waals surface area contributed by atoms with Gasteiger partial charge in [-0.3, -0.25) is 13.6 Å². The standard InChI is InChI=1S/C11H17O5P.C4H10/c1-3-14-17(13,15-4-2)16-9-10-5-7-11(12)8-6-10;1-3-4-2/h5-8,12H,3-4,9H2,1-2H3;3-4H2,1-2H3. The van der Waals surface area contributed by atoms with Crippen molar-refractivity contribution in [2.24, 2.45) is 0 Å². The molecule has 0 saturated carbocycles. The van der Waals surface area contributed by atoms with E-state index in [1.807, 2.05) is 0 Å². The zero-order chi connectivity index (χ0) is 16.1. The number of rotatable bonds is 8. The second-order valence-corrected chi connectivity index (χ2v) is 5.89. The molecule has 0 fully saturated rings. The number of phosphoric acid groups is 1. The zero-order valence-corrected chi connectivity index (χ0v) is 14.3. The average molecular weight is 318 g/mol. The first-order chi connectivity index (χ1) is 10.0. The molecule has 1 aromatic carbocycles. The van der Waals surface area contributed by atoms with Crippen molar-refractivity contribution >= 4 is 7.82 Å². The molecular formula is C15H27O5P. The Hall–Kier alpha value is -0.870. The van der Waals surface area contributed by atoms with Crippen LogP contribution in [0.3, 0.4) is 0 Å². The van der Waals surface area contributed by atoms with Crippen LogP contribution in [0.1, 0.15) is 46.1 Å². The summed E-state index contributed by atoms with van der Waals surface area (Å²) in [6.45, 7) is 8.42. The summed E-state index contributed by atoms with van der Waals surface area (Å²) in [5, 5.41) is 9.11. The van der Waals surface area contributed by atoms with E-state index in [4.69, 9.17) is 18.7 Å². The Morgan fingerprint density at radius 3 is 1.76 bits per heavy atom. The van der Waals surface area contributed by atoms with Crippen LogP contribution in [0.4, 0.5) is 0 Å². The van der Waals surface area contributed by atoms with Crippen molar-refractivity contribution in [1.29, 1.82) is 0 Å². The molecule has 0 radical (unpaired) electrons. The molecule has 122 valence electrons. The van der Waals surface area contributed by atoms with E-state index in [9.17, 15) is 4.57 Å². The molecule has 6 heteroatoms. The Kier molecular flexibility index (Phi) is 11.3. The Balaban J connectivity index is 0.000000885. The van der Waals surface area contributed by atoms with Gasteiger partial charge in [-0.05, 0) is 31.5 Å². The van der Waals surface area contributed by atoms with Gasteiger partial charge in [-0.1, -0.05) is 38.8 Å². The fraction of sp³-hybridized carbons (Fsp3) is 0.600. The average Bonchev–Trinajstić information content (AvgIpc) is 2.47. The van der Waals surface area contributed by atoms with Crippen molar-refractivity contribution in [3.05, 3.63) is 29.8 Å². The van der Waals surface area contributed by atoms with E-state index in [1.165, 1.54) is 25.0 Å². The van der Waals surface area contributed by atoms with Gasteiger partial charge in [0.2, 0.25) is 0 Å². The lowest BCUT2D eigenvalue weighted by molar-refractivity contribution is 0.116. The minimum absolute atomic E-state index is 0.109. The molecule has 1 aromatic rings. The molecule has 5 nitrogen and oxygen atoms in total. The van der Waals surface area contributed by atoms with E-state index in [0.29, 0.717) is 0 Å². The summed E-state index contributed by atoms with van der Waals surface area (Å²) < 4.78 is 27.1. The van der Waals surface area contributed by atoms with Gasteiger partial charge in [0.1, 0.15) is 5.75 Å². The van der Waals surface area contributed by atoms with Gasteiger partial charge >= 0.3 is 7.82 Å². The maximum Gasteiger partial charge on any atom is 0.475 e. The highest BCUT2D eigenvalue weighted by Gasteiger charge is 2.25. The fourth-order valence-corrected chi connectivity index (χ4v) is 2.34. The Morgan fingerprint density at radius 2 is 1.38 bits per heavy atom. The third-order valence-electron chi connectivity index (χ3n) is 2.40. The molecule has 0 bridgehead atoms. The number of benzene rings is 1. The lowest BCUT2D eigenvalue weighted by Gasteiger charge is -2.16. The fourth-order valence-electron chi connectivity index (χ4n) is 1.17. The third-order valence-corrected chi connectivity index (χ3v) is 3.99. The topological polar surface area (TPSA) is 65.0 Å². The minimum Gasteiger partial charge on any atom is -0.508 e. The van der Waals surface area contributed by atoms with Gasteiger partial charge in [0.05, 0.1) is 19.8 Å². The van der Waals surface area contributed by atoms with Gasteiger partial charge in [-0.15, -0.1) is 0 Å². The molecule has 0 spiro atoms. The molecule has 0 unspecified atom stereocenters. The van der Waals surface area contributed by atoms with Gasteiger partial charge < -0.3 is 5.11 Å². The van der Waals surface area contributed by atoms with Gasteiger partial charge in [0, 0.05) is 0 Å². The maximum atomic E-state index is 11.9. The van der Waals surface area contributed by atoms with E-state index in [-0.39, 0.29) is 25.6 Å². The van der Waals surface area contributed by atoms with E-state index >= 15 is 0 Å². The summed E-state index contributed by atoms with van der Waals surface area (Å²) in [5.41, 5.74) is 0.780. The zero-order valence-electron chi connectivity index (χ0n) is 13.4. The number of aromatic hydroxyl groups is 1. The van der Waals surface area contributed by atoms with Crippen LogP contribution < -0.4 is 0 Å². The first-order valence-electron chi connectivity index (χ1n) is 7.32. The number of unbranched alkanes of at least 4 members (excludes halogenated alkanes) is 1. The Labute approximate surface area is 127 Å². The lowest BCUT2D eigenvalue weighted by atomic mass is 10.2. The molecule has 0 heterocycles. The van der Waals surface area contributed by atoms with Crippen LogP contribution in [-0.2, 0) is 24.7 Å². The summed E-state index contributed by atoms with van der Waals surface area (Å²) in [4.78, 5) is 0. The molecule has 0 amide bonds. The van der Waals surface area contributed by atoms with Gasteiger partial charge in [0.15, 0.2) is 0 Å². The highest BCUT2D eigenvalue weighted by Crippen LogP contribution is 2.49. The number of phenolic OH excluding ortho intramolecular Hbond substituents is 1. The molecule has 0 aliphatic rings. The molecule has 0 atom stereocenters. The van der Waals surface area contributed by atoms with Crippen molar-refractivity contribution in [3.63, 3.8) is 0 Å². The molecule has 0 aliphatic carbocycles. The van der Waals surface area contributed by atoms with E-state index in [2.05, 4.69) is 13.8 Å². The highest BCUT2D eigenvalue weighted by molar-refractivity contribution is 7.48. The molecule has 0 saturated heterocycles. The monoisotopic (exact) mass is 318 g/mol. The van der Waals surface area contributed by atoms with Crippen LogP contribution in [0, 0.1) is 0 Å².